The van der Waals surface area contributed by atoms with Gasteiger partial charge in [0.05, 0.1) is 15.7 Å². The highest BCUT2D eigenvalue weighted by Crippen LogP contribution is 2.36. The Kier molecular flexibility index (Phi) is 7.52. The Hall–Kier alpha value is -2.84. The first-order chi connectivity index (χ1) is 16.6. The van der Waals surface area contributed by atoms with Crippen LogP contribution in [-0.4, -0.2) is 17.8 Å². The van der Waals surface area contributed by atoms with Crippen LogP contribution < -0.4 is 15.0 Å². The average Bonchev–Trinajstić information content (AvgIpc) is 2.79. The SMILES string of the molecule is Cc1ccc(Cl)cc1N1C(=O)NC(=O)/C(=C\c2cc(Cl)c(OCc3ccc(Br)cc3)c(Cl)c2)C1=O. The molecule has 1 heterocycles. The number of anilines is 1. The van der Waals surface area contributed by atoms with Gasteiger partial charge in [-0.15, -0.1) is 0 Å². The number of rotatable bonds is 5. The number of nitrogens with one attached hydrogen (secondary N) is 1. The van der Waals surface area contributed by atoms with Gasteiger partial charge < -0.3 is 4.74 Å². The maximum absolute atomic E-state index is 13.2. The first kappa shape index (κ1) is 25.3. The zero-order chi connectivity index (χ0) is 25.3. The quantitative estimate of drug-likeness (QED) is 0.256. The Balaban J connectivity index is 1.62. The molecule has 178 valence electrons. The summed E-state index contributed by atoms with van der Waals surface area (Å²) in [5.74, 6) is -1.37. The van der Waals surface area contributed by atoms with Crippen LogP contribution in [0.25, 0.3) is 6.08 Å². The van der Waals surface area contributed by atoms with Crippen molar-refractivity contribution in [1.29, 1.82) is 0 Å². The van der Waals surface area contributed by atoms with Crippen molar-refractivity contribution in [3.05, 3.63) is 96.4 Å². The Morgan fingerprint density at radius 3 is 2.29 bits per heavy atom. The van der Waals surface area contributed by atoms with Crippen LogP contribution in [0.4, 0.5) is 10.5 Å². The number of carbonyl (C=O) groups is 3. The van der Waals surface area contributed by atoms with Crippen LogP contribution in [-0.2, 0) is 16.2 Å². The molecule has 0 aliphatic carbocycles. The number of nitrogens with zero attached hydrogens (tertiary/aromatic N) is 1. The number of barbiturate groups is 1. The molecular formula is C25H16BrCl3N2O4. The molecule has 6 nitrogen and oxygen atoms in total. The summed E-state index contributed by atoms with van der Waals surface area (Å²) in [4.78, 5) is 39.0. The summed E-state index contributed by atoms with van der Waals surface area (Å²) >= 11 is 22.2. The van der Waals surface area contributed by atoms with Gasteiger partial charge >= 0.3 is 6.03 Å². The number of urea groups is 1. The molecule has 4 amide bonds. The van der Waals surface area contributed by atoms with Crippen LogP contribution in [0.2, 0.25) is 15.1 Å². The lowest BCUT2D eigenvalue weighted by Crippen LogP contribution is -2.54. The van der Waals surface area contributed by atoms with Crippen LogP contribution in [0.5, 0.6) is 5.75 Å². The Morgan fingerprint density at radius 2 is 1.63 bits per heavy atom. The minimum absolute atomic E-state index is 0.198. The summed E-state index contributed by atoms with van der Waals surface area (Å²) < 4.78 is 6.73. The van der Waals surface area contributed by atoms with Gasteiger partial charge in [0.15, 0.2) is 5.75 Å². The van der Waals surface area contributed by atoms with Gasteiger partial charge in [0.25, 0.3) is 11.8 Å². The molecule has 0 spiro atoms. The Bertz CT molecular complexity index is 1370. The lowest BCUT2D eigenvalue weighted by molar-refractivity contribution is -0.122. The second-order valence-corrected chi connectivity index (χ2v) is 9.78. The van der Waals surface area contributed by atoms with E-state index in [4.69, 9.17) is 39.5 Å². The van der Waals surface area contributed by atoms with E-state index in [-0.39, 0.29) is 33.7 Å². The topological polar surface area (TPSA) is 75.7 Å². The fraction of sp³-hybridized carbons (Fsp3) is 0.0800. The number of amides is 4. The molecule has 0 atom stereocenters. The lowest BCUT2D eigenvalue weighted by Gasteiger charge is -2.27. The molecule has 1 aliphatic rings. The van der Waals surface area contributed by atoms with Crippen molar-refractivity contribution in [3.8, 4) is 5.75 Å². The fourth-order valence-corrected chi connectivity index (χ4v) is 4.45. The largest absolute Gasteiger partial charge is 0.486 e. The zero-order valence-electron chi connectivity index (χ0n) is 18.1. The number of benzene rings is 3. The van der Waals surface area contributed by atoms with Gasteiger partial charge in [-0.05, 0) is 66.1 Å². The van der Waals surface area contributed by atoms with E-state index in [0.29, 0.717) is 16.1 Å². The highest BCUT2D eigenvalue weighted by Gasteiger charge is 2.37. The van der Waals surface area contributed by atoms with E-state index in [1.165, 1.54) is 24.3 Å². The molecule has 3 aromatic carbocycles. The first-order valence-electron chi connectivity index (χ1n) is 10.2. The molecule has 1 saturated heterocycles. The summed E-state index contributed by atoms with van der Waals surface area (Å²) in [6.45, 7) is 1.96. The fourth-order valence-electron chi connectivity index (χ4n) is 3.40. The van der Waals surface area contributed by atoms with Crippen molar-refractivity contribution in [1.82, 2.24) is 5.32 Å². The van der Waals surface area contributed by atoms with Crippen LogP contribution in [0.3, 0.4) is 0 Å². The predicted octanol–water partition coefficient (Wildman–Crippen LogP) is 6.96. The second kappa shape index (κ2) is 10.4. The number of carbonyl (C=O) groups excluding carboxylic acids is 3. The summed E-state index contributed by atoms with van der Waals surface area (Å²) in [5.41, 5.74) is 1.93. The summed E-state index contributed by atoms with van der Waals surface area (Å²) in [6.07, 6.45) is 1.31. The summed E-state index contributed by atoms with van der Waals surface area (Å²) in [7, 11) is 0. The van der Waals surface area contributed by atoms with Gasteiger partial charge in [-0.25, -0.2) is 9.69 Å². The first-order valence-corrected chi connectivity index (χ1v) is 12.1. The molecule has 0 aromatic heterocycles. The van der Waals surface area contributed by atoms with Crippen LogP contribution >= 0.6 is 50.7 Å². The van der Waals surface area contributed by atoms with Crippen LogP contribution in [0, 0.1) is 6.92 Å². The monoisotopic (exact) mass is 592 g/mol. The van der Waals surface area contributed by atoms with Crippen molar-refractivity contribution in [2.45, 2.75) is 13.5 Å². The minimum Gasteiger partial charge on any atom is -0.486 e. The summed E-state index contributed by atoms with van der Waals surface area (Å²) in [6, 6.07) is 14.5. The van der Waals surface area contributed by atoms with E-state index < -0.39 is 17.8 Å². The molecule has 0 saturated carbocycles. The summed E-state index contributed by atoms with van der Waals surface area (Å²) in [5, 5.41) is 2.91. The van der Waals surface area contributed by atoms with Gasteiger partial charge in [0.1, 0.15) is 12.2 Å². The van der Waals surface area contributed by atoms with Crippen molar-refractivity contribution >= 4 is 80.3 Å². The molecule has 1 aliphatic heterocycles. The van der Waals surface area contributed by atoms with Crippen molar-refractivity contribution in [2.24, 2.45) is 0 Å². The average molecular weight is 595 g/mol. The Morgan fingerprint density at radius 1 is 0.971 bits per heavy atom. The maximum Gasteiger partial charge on any atom is 0.335 e. The number of hydrogen-bond donors (Lipinski definition) is 1. The molecule has 4 rings (SSSR count). The molecule has 10 heteroatoms. The normalized spacial score (nSPS) is 14.9. The number of hydrogen-bond acceptors (Lipinski definition) is 4. The van der Waals surface area contributed by atoms with Gasteiger partial charge in [-0.1, -0.05) is 68.9 Å². The molecule has 0 unspecified atom stereocenters. The number of halogens is 4. The third-order valence-electron chi connectivity index (χ3n) is 5.14. The maximum atomic E-state index is 13.2. The van der Waals surface area contributed by atoms with Crippen LogP contribution in [0.15, 0.2) is 64.6 Å². The smallest absolute Gasteiger partial charge is 0.335 e. The van der Waals surface area contributed by atoms with E-state index in [1.54, 1.807) is 19.1 Å². The molecule has 1 N–H and O–H groups in total. The highest BCUT2D eigenvalue weighted by molar-refractivity contribution is 9.10. The zero-order valence-corrected chi connectivity index (χ0v) is 21.9. The number of aryl methyl sites for hydroxylation is 1. The number of imide groups is 2. The van der Waals surface area contributed by atoms with Gasteiger partial charge in [-0.2, -0.15) is 0 Å². The standard InChI is InChI=1S/C25H16BrCl3N2O4/c1-13-2-7-17(27)11-21(13)31-24(33)18(23(32)30-25(31)34)8-15-9-19(28)22(20(29)10-15)35-12-14-3-5-16(26)6-4-14/h2-11H,12H2,1H3,(H,30,32,34)/b18-8+. The minimum atomic E-state index is -0.865. The Labute approximate surface area is 224 Å². The molecular weight excluding hydrogens is 579 g/mol. The third-order valence-corrected chi connectivity index (χ3v) is 6.47. The van der Waals surface area contributed by atoms with Gasteiger partial charge in [-0.3, -0.25) is 14.9 Å². The molecule has 1 fully saturated rings. The van der Waals surface area contributed by atoms with E-state index in [0.717, 1.165) is 14.9 Å². The van der Waals surface area contributed by atoms with Gasteiger partial charge in [0, 0.05) is 9.50 Å². The third kappa shape index (κ3) is 5.54. The number of ether oxygens (including phenoxy) is 1. The van der Waals surface area contributed by atoms with E-state index in [1.807, 2.05) is 24.3 Å². The van der Waals surface area contributed by atoms with Crippen molar-refractivity contribution in [3.63, 3.8) is 0 Å². The van der Waals surface area contributed by atoms with Crippen LogP contribution in [0.1, 0.15) is 16.7 Å². The van der Waals surface area contributed by atoms with Crippen molar-refractivity contribution < 1.29 is 19.1 Å². The highest BCUT2D eigenvalue weighted by atomic mass is 79.9. The van der Waals surface area contributed by atoms with E-state index in [9.17, 15) is 14.4 Å². The lowest BCUT2D eigenvalue weighted by atomic mass is 10.1. The van der Waals surface area contributed by atoms with E-state index in [2.05, 4.69) is 21.2 Å². The molecule has 0 radical (unpaired) electrons. The second-order valence-electron chi connectivity index (χ2n) is 7.62. The molecule has 35 heavy (non-hydrogen) atoms. The molecule has 3 aromatic rings. The van der Waals surface area contributed by atoms with Crippen molar-refractivity contribution in [2.75, 3.05) is 4.90 Å². The molecule has 0 bridgehead atoms. The van der Waals surface area contributed by atoms with Gasteiger partial charge in [0.2, 0.25) is 0 Å². The predicted molar refractivity (Wildman–Crippen MR) is 140 cm³/mol. The van der Waals surface area contributed by atoms with E-state index >= 15 is 0 Å².